The summed E-state index contributed by atoms with van der Waals surface area (Å²) in [6.45, 7) is 2.31. The molecule has 5 rings (SSSR count). The number of rotatable bonds is 14. The minimum Gasteiger partial charge on any atom is -0.480 e. The Bertz CT molecular complexity index is 1860. The first-order valence-electron chi connectivity index (χ1n) is 15.2. The molecule has 0 fully saturated rings. The number of hydrogen-bond donors (Lipinski definition) is 3. The zero-order valence-electron chi connectivity index (χ0n) is 25.1. The molecule has 9 heteroatoms. The first kappa shape index (κ1) is 31.3. The lowest BCUT2D eigenvalue weighted by atomic mass is 9.99. The van der Waals surface area contributed by atoms with E-state index in [0.29, 0.717) is 42.5 Å². The number of nitrogens with one attached hydrogen (secondary N) is 2. The average Bonchev–Trinajstić information content (AvgIpc) is 3.45. The number of furan rings is 1. The van der Waals surface area contributed by atoms with Gasteiger partial charge in [0.05, 0.1) is 6.26 Å². The lowest BCUT2D eigenvalue weighted by molar-refractivity contribution is -0.141. The third-order valence-electron chi connectivity index (χ3n) is 7.99. The second-order valence-corrected chi connectivity index (χ2v) is 11.2. The molecular formula is C36H36N2O7. The zero-order valence-corrected chi connectivity index (χ0v) is 25.1. The maximum Gasteiger partial charge on any atom is 0.339 e. The average molecular weight is 609 g/mol. The van der Waals surface area contributed by atoms with Gasteiger partial charge in [-0.25, -0.2) is 9.59 Å². The molecule has 2 amide bonds. The van der Waals surface area contributed by atoms with Crippen molar-refractivity contribution in [2.75, 3.05) is 6.54 Å². The molecule has 3 aromatic carbocycles. The highest BCUT2D eigenvalue weighted by atomic mass is 16.4. The molecular weight excluding hydrogens is 572 g/mol. The molecule has 1 unspecified atom stereocenters. The number of aliphatic carboxylic acids is 1. The first-order chi connectivity index (χ1) is 21.8. The zero-order chi connectivity index (χ0) is 31.8. The van der Waals surface area contributed by atoms with Gasteiger partial charge < -0.3 is 24.6 Å². The highest BCUT2D eigenvalue weighted by molar-refractivity contribution is 6.02. The number of carbonyl (C=O) groups is 3. The van der Waals surface area contributed by atoms with Crippen LogP contribution in [0.25, 0.3) is 33.1 Å². The molecule has 0 saturated carbocycles. The number of carboxylic acids is 1. The van der Waals surface area contributed by atoms with Crippen LogP contribution in [0, 0.1) is 6.92 Å². The van der Waals surface area contributed by atoms with Crippen molar-refractivity contribution in [3.63, 3.8) is 0 Å². The molecule has 0 saturated heterocycles. The van der Waals surface area contributed by atoms with Crippen LogP contribution in [0.4, 0.5) is 0 Å². The molecule has 9 nitrogen and oxygen atoms in total. The smallest absolute Gasteiger partial charge is 0.339 e. The van der Waals surface area contributed by atoms with E-state index in [1.807, 2.05) is 73.7 Å². The normalized spacial score (nSPS) is 11.8. The summed E-state index contributed by atoms with van der Waals surface area (Å²) in [6, 6.07) is 21.8. The van der Waals surface area contributed by atoms with Crippen molar-refractivity contribution in [3.05, 3.63) is 106 Å². The monoisotopic (exact) mass is 608 g/mol. The van der Waals surface area contributed by atoms with E-state index in [9.17, 15) is 24.3 Å². The SMILES string of the molecule is Cc1c(CCC(=O)NCCCCCC(=O)NC(Cc2ccccc2)C(=O)O)c(=O)oc2cc3occ(-c4ccccc4)c3cc12. The Hall–Kier alpha value is -5.18. The fourth-order valence-corrected chi connectivity index (χ4v) is 5.50. The summed E-state index contributed by atoms with van der Waals surface area (Å²) < 4.78 is 11.4. The Morgan fingerprint density at radius 3 is 2.31 bits per heavy atom. The number of aryl methyl sites for hydroxylation is 1. The van der Waals surface area contributed by atoms with E-state index in [4.69, 9.17) is 8.83 Å². The molecule has 5 aromatic rings. The molecule has 232 valence electrons. The summed E-state index contributed by atoms with van der Waals surface area (Å²) >= 11 is 0. The maximum absolute atomic E-state index is 12.8. The summed E-state index contributed by atoms with van der Waals surface area (Å²) in [5.74, 6) is -1.55. The van der Waals surface area contributed by atoms with E-state index in [0.717, 1.165) is 33.0 Å². The molecule has 3 N–H and O–H groups in total. The number of carboxylic acid groups (broad SMARTS) is 1. The van der Waals surface area contributed by atoms with Crippen LogP contribution in [0.3, 0.4) is 0 Å². The summed E-state index contributed by atoms with van der Waals surface area (Å²) in [6.07, 6.45) is 4.47. The van der Waals surface area contributed by atoms with Crippen molar-refractivity contribution in [1.82, 2.24) is 10.6 Å². The van der Waals surface area contributed by atoms with Crippen LogP contribution in [-0.2, 0) is 27.2 Å². The molecule has 45 heavy (non-hydrogen) atoms. The fraction of sp³-hybridized carbons (Fsp3) is 0.278. The number of amides is 2. The second-order valence-electron chi connectivity index (χ2n) is 11.2. The summed E-state index contributed by atoms with van der Waals surface area (Å²) in [4.78, 5) is 49.2. The van der Waals surface area contributed by atoms with Gasteiger partial charge >= 0.3 is 11.6 Å². The highest BCUT2D eigenvalue weighted by Gasteiger charge is 2.20. The van der Waals surface area contributed by atoms with E-state index in [2.05, 4.69) is 10.6 Å². The van der Waals surface area contributed by atoms with Gasteiger partial charge in [-0.15, -0.1) is 0 Å². The molecule has 0 bridgehead atoms. The molecule has 2 heterocycles. The van der Waals surface area contributed by atoms with Crippen LogP contribution in [0.15, 0.2) is 92.7 Å². The number of benzene rings is 3. The minimum absolute atomic E-state index is 0.140. The van der Waals surface area contributed by atoms with E-state index in [1.165, 1.54) is 0 Å². The van der Waals surface area contributed by atoms with E-state index in [-0.39, 0.29) is 37.5 Å². The topological polar surface area (TPSA) is 139 Å². The summed E-state index contributed by atoms with van der Waals surface area (Å²) in [5.41, 5.74) is 4.67. The van der Waals surface area contributed by atoms with E-state index >= 15 is 0 Å². The van der Waals surface area contributed by atoms with E-state index in [1.54, 1.807) is 12.3 Å². The van der Waals surface area contributed by atoms with Crippen LogP contribution in [0.5, 0.6) is 0 Å². The van der Waals surface area contributed by atoms with Crippen LogP contribution < -0.4 is 16.3 Å². The fourth-order valence-electron chi connectivity index (χ4n) is 5.50. The Morgan fingerprint density at radius 1 is 0.844 bits per heavy atom. The third-order valence-corrected chi connectivity index (χ3v) is 7.99. The third kappa shape index (κ3) is 7.86. The molecule has 2 aromatic heterocycles. The Morgan fingerprint density at radius 2 is 1.58 bits per heavy atom. The standard InChI is InChI=1S/C36H36N2O7/c1-23-26(36(43)45-32-21-31-28(20-27(23)32)29(22-44-31)25-13-7-3-8-14-25)16-17-33(39)37-18-10-4-9-15-34(40)38-30(35(41)42)19-24-11-5-2-6-12-24/h2-3,5-8,11-14,20-22,30H,4,9-10,15-19H2,1H3,(H,37,39)(H,38,40)(H,41,42). The van der Waals surface area contributed by atoms with Gasteiger partial charge in [0.15, 0.2) is 0 Å². The number of carbonyl (C=O) groups excluding carboxylic acids is 2. The molecule has 0 radical (unpaired) electrons. The van der Waals surface area contributed by atoms with E-state index < -0.39 is 17.6 Å². The summed E-state index contributed by atoms with van der Waals surface area (Å²) in [7, 11) is 0. The maximum atomic E-state index is 12.8. The minimum atomic E-state index is -1.07. The van der Waals surface area contributed by atoms with Crippen LogP contribution in [0.2, 0.25) is 0 Å². The molecule has 1 atom stereocenters. The Balaban J connectivity index is 1.08. The van der Waals surface area contributed by atoms with Gasteiger partial charge in [0.1, 0.15) is 17.2 Å². The van der Waals surface area contributed by atoms with Crippen molar-refractivity contribution >= 4 is 39.7 Å². The molecule has 0 aliphatic carbocycles. The van der Waals surface area contributed by atoms with Crippen molar-refractivity contribution in [1.29, 1.82) is 0 Å². The van der Waals surface area contributed by atoms with Crippen molar-refractivity contribution in [3.8, 4) is 11.1 Å². The van der Waals surface area contributed by atoms with Gasteiger partial charge in [-0.2, -0.15) is 0 Å². The van der Waals surface area contributed by atoms with Gasteiger partial charge in [-0.3, -0.25) is 9.59 Å². The summed E-state index contributed by atoms with van der Waals surface area (Å²) in [5, 5.41) is 16.7. The van der Waals surface area contributed by atoms with Gasteiger partial charge in [-0.05, 0) is 48.9 Å². The number of unbranched alkanes of at least 4 members (excludes halogenated alkanes) is 2. The molecule has 0 aliphatic rings. The Labute approximate surface area is 260 Å². The largest absolute Gasteiger partial charge is 0.480 e. The molecule has 0 aliphatic heterocycles. The first-order valence-corrected chi connectivity index (χ1v) is 15.2. The molecule has 0 spiro atoms. The van der Waals surface area contributed by atoms with Crippen LogP contribution >= 0.6 is 0 Å². The van der Waals surface area contributed by atoms with Crippen molar-refractivity contribution in [2.45, 2.75) is 57.9 Å². The van der Waals surface area contributed by atoms with Gasteiger partial charge in [0.25, 0.3) is 0 Å². The quantitative estimate of drug-likeness (QED) is 0.105. The van der Waals surface area contributed by atoms with Gasteiger partial charge in [0.2, 0.25) is 11.8 Å². The number of fused-ring (bicyclic) bond motifs is 2. The predicted octanol–water partition coefficient (Wildman–Crippen LogP) is 5.94. The second kappa shape index (κ2) is 14.5. The lowest BCUT2D eigenvalue weighted by Crippen LogP contribution is -2.42. The lowest BCUT2D eigenvalue weighted by Gasteiger charge is -2.14. The van der Waals surface area contributed by atoms with Crippen LogP contribution in [0.1, 0.15) is 48.8 Å². The number of hydrogen-bond acceptors (Lipinski definition) is 6. The highest BCUT2D eigenvalue weighted by Crippen LogP contribution is 2.34. The van der Waals surface area contributed by atoms with Crippen molar-refractivity contribution < 1.29 is 28.3 Å². The Kier molecular flexibility index (Phi) is 10.1. The predicted molar refractivity (Wildman–Crippen MR) is 172 cm³/mol. The van der Waals surface area contributed by atoms with Gasteiger partial charge in [-0.1, -0.05) is 67.1 Å². The van der Waals surface area contributed by atoms with Crippen molar-refractivity contribution in [2.24, 2.45) is 0 Å². The van der Waals surface area contributed by atoms with Crippen LogP contribution in [-0.4, -0.2) is 35.5 Å². The van der Waals surface area contributed by atoms with Gasteiger partial charge in [0, 0.05) is 53.8 Å².